The van der Waals surface area contributed by atoms with Crippen molar-refractivity contribution in [1.29, 1.82) is 5.26 Å². The number of hydrogen-bond acceptors (Lipinski definition) is 4. The normalized spacial score (nSPS) is 18.9. The third kappa shape index (κ3) is 3.25. The molecule has 19 heavy (non-hydrogen) atoms. The van der Waals surface area contributed by atoms with Gasteiger partial charge in [-0.25, -0.2) is 14.5 Å². The Morgan fingerprint density at radius 2 is 2.21 bits per heavy atom. The Bertz CT molecular complexity index is 437. The van der Waals surface area contributed by atoms with Gasteiger partial charge in [-0.3, -0.25) is 0 Å². The average molecular weight is 265 g/mol. The highest BCUT2D eigenvalue weighted by atomic mass is 16.6. The summed E-state index contributed by atoms with van der Waals surface area (Å²) in [5.74, 6) is 0. The van der Waals surface area contributed by atoms with Crippen molar-refractivity contribution in [2.24, 2.45) is 0 Å². The monoisotopic (exact) mass is 265 g/mol. The van der Waals surface area contributed by atoms with Crippen LogP contribution in [-0.2, 0) is 4.74 Å². The summed E-state index contributed by atoms with van der Waals surface area (Å²) in [7, 11) is 0. The van der Waals surface area contributed by atoms with E-state index < -0.39 is 18.2 Å². The molecule has 1 unspecified atom stereocenters. The number of carbonyl (C=O) groups excluding carboxylic acids is 2. The van der Waals surface area contributed by atoms with Crippen molar-refractivity contribution in [3.8, 4) is 6.07 Å². The maximum Gasteiger partial charge on any atom is 0.418 e. The molecule has 6 nitrogen and oxygen atoms in total. The van der Waals surface area contributed by atoms with E-state index in [1.54, 1.807) is 13.8 Å². The van der Waals surface area contributed by atoms with Gasteiger partial charge in [-0.05, 0) is 20.3 Å². The van der Waals surface area contributed by atoms with Crippen LogP contribution in [0.15, 0.2) is 11.3 Å². The summed E-state index contributed by atoms with van der Waals surface area (Å²) in [6.45, 7) is 5.54. The maximum absolute atomic E-state index is 11.9. The molecule has 1 heterocycles. The van der Waals surface area contributed by atoms with Gasteiger partial charge >= 0.3 is 12.1 Å². The maximum atomic E-state index is 11.9. The fourth-order valence-electron chi connectivity index (χ4n) is 2.04. The summed E-state index contributed by atoms with van der Waals surface area (Å²) < 4.78 is 4.88. The van der Waals surface area contributed by atoms with E-state index in [1.807, 2.05) is 6.92 Å². The van der Waals surface area contributed by atoms with Crippen LogP contribution < -0.4 is 5.32 Å². The summed E-state index contributed by atoms with van der Waals surface area (Å²) in [6.07, 6.45) is 1.61. The van der Waals surface area contributed by atoms with Gasteiger partial charge in [-0.1, -0.05) is 19.8 Å². The first-order chi connectivity index (χ1) is 9.06. The van der Waals surface area contributed by atoms with Gasteiger partial charge in [0, 0.05) is 5.70 Å². The van der Waals surface area contributed by atoms with Crippen LogP contribution in [0, 0.1) is 11.3 Å². The first kappa shape index (κ1) is 15.0. The molecule has 1 rings (SSSR count). The molecular weight excluding hydrogens is 246 g/mol. The zero-order valence-electron chi connectivity index (χ0n) is 11.5. The second kappa shape index (κ2) is 6.78. The Morgan fingerprint density at radius 3 is 2.74 bits per heavy atom. The number of amides is 3. The number of nitriles is 1. The van der Waals surface area contributed by atoms with Gasteiger partial charge in [0.2, 0.25) is 0 Å². The molecular formula is C13H19N3O3. The highest BCUT2D eigenvalue weighted by Crippen LogP contribution is 2.24. The average Bonchev–Trinajstić information content (AvgIpc) is 2.36. The molecule has 6 heteroatoms. The Morgan fingerprint density at radius 1 is 1.53 bits per heavy atom. The molecule has 0 spiro atoms. The number of ether oxygens (including phenoxy) is 1. The minimum atomic E-state index is -0.707. The van der Waals surface area contributed by atoms with Crippen molar-refractivity contribution in [3.63, 3.8) is 0 Å². The fourth-order valence-corrected chi connectivity index (χ4v) is 2.04. The van der Waals surface area contributed by atoms with Crippen LogP contribution in [0.1, 0.15) is 40.0 Å². The van der Waals surface area contributed by atoms with Gasteiger partial charge in [0.05, 0.1) is 24.3 Å². The summed E-state index contributed by atoms with van der Waals surface area (Å²) >= 11 is 0. The van der Waals surface area contributed by atoms with Gasteiger partial charge < -0.3 is 10.1 Å². The van der Waals surface area contributed by atoms with Crippen molar-refractivity contribution >= 4 is 12.1 Å². The lowest BCUT2D eigenvalue weighted by atomic mass is 9.97. The molecule has 104 valence electrons. The van der Waals surface area contributed by atoms with Gasteiger partial charge in [0.15, 0.2) is 0 Å². The number of imide groups is 1. The van der Waals surface area contributed by atoms with Crippen molar-refractivity contribution in [2.45, 2.75) is 46.1 Å². The SMILES string of the molecule is CCCCC1C(C#N)=C(C)NC(=O)N1C(=O)OCC. The van der Waals surface area contributed by atoms with Crippen molar-refractivity contribution < 1.29 is 14.3 Å². The van der Waals surface area contributed by atoms with Crippen LogP contribution in [0.4, 0.5) is 9.59 Å². The first-order valence-electron chi connectivity index (χ1n) is 6.44. The number of allylic oxidation sites excluding steroid dienone is 1. The molecule has 0 aromatic rings. The molecule has 0 aliphatic carbocycles. The number of rotatable bonds is 4. The van der Waals surface area contributed by atoms with Crippen LogP contribution in [-0.4, -0.2) is 29.7 Å². The quantitative estimate of drug-likeness (QED) is 0.846. The number of carbonyl (C=O) groups is 2. The third-order valence-corrected chi connectivity index (χ3v) is 2.98. The molecule has 0 bridgehead atoms. The van der Waals surface area contributed by atoms with E-state index in [1.165, 1.54) is 0 Å². The van der Waals surface area contributed by atoms with E-state index in [2.05, 4.69) is 11.4 Å². The second-order valence-electron chi connectivity index (χ2n) is 4.31. The fraction of sp³-hybridized carbons (Fsp3) is 0.615. The topological polar surface area (TPSA) is 82.4 Å². The standard InChI is InChI=1S/C13H19N3O3/c1-4-6-7-11-10(8-14)9(3)15-12(17)16(11)13(18)19-5-2/h11H,4-7H2,1-3H3,(H,15,17). The van der Waals surface area contributed by atoms with Gasteiger partial charge in [-0.15, -0.1) is 0 Å². The molecule has 0 saturated heterocycles. The number of nitrogens with zero attached hydrogens (tertiary/aromatic N) is 2. The molecule has 1 aliphatic heterocycles. The van der Waals surface area contributed by atoms with Gasteiger partial charge in [0.25, 0.3) is 0 Å². The van der Waals surface area contributed by atoms with Crippen LogP contribution in [0.5, 0.6) is 0 Å². The lowest BCUT2D eigenvalue weighted by Gasteiger charge is -2.33. The van der Waals surface area contributed by atoms with Crippen molar-refractivity contribution in [2.75, 3.05) is 6.61 Å². The lowest BCUT2D eigenvalue weighted by molar-refractivity contribution is 0.102. The van der Waals surface area contributed by atoms with Crippen molar-refractivity contribution in [3.05, 3.63) is 11.3 Å². The van der Waals surface area contributed by atoms with Crippen LogP contribution in [0.2, 0.25) is 0 Å². The number of unbranched alkanes of at least 4 members (excludes halogenated alkanes) is 1. The van der Waals surface area contributed by atoms with Crippen LogP contribution in [0.25, 0.3) is 0 Å². The number of hydrogen-bond donors (Lipinski definition) is 1. The molecule has 1 aliphatic rings. The predicted molar refractivity (Wildman–Crippen MR) is 69.0 cm³/mol. The highest BCUT2D eigenvalue weighted by Gasteiger charge is 2.38. The Labute approximate surface area is 113 Å². The summed E-state index contributed by atoms with van der Waals surface area (Å²) in [4.78, 5) is 24.8. The summed E-state index contributed by atoms with van der Waals surface area (Å²) in [6, 6.07) is 1.01. The number of nitrogens with one attached hydrogen (secondary N) is 1. The molecule has 0 aromatic carbocycles. The Hall–Kier alpha value is -2.03. The zero-order valence-corrected chi connectivity index (χ0v) is 11.5. The Balaban J connectivity index is 3.08. The zero-order chi connectivity index (χ0) is 14.4. The minimum absolute atomic E-state index is 0.188. The molecule has 1 N–H and O–H groups in total. The van der Waals surface area contributed by atoms with E-state index in [0.29, 0.717) is 17.7 Å². The second-order valence-corrected chi connectivity index (χ2v) is 4.31. The van der Waals surface area contributed by atoms with Gasteiger partial charge in [-0.2, -0.15) is 5.26 Å². The number of urea groups is 1. The van der Waals surface area contributed by atoms with E-state index in [0.717, 1.165) is 17.7 Å². The molecule has 0 radical (unpaired) electrons. The molecule has 0 saturated carbocycles. The van der Waals surface area contributed by atoms with Gasteiger partial charge in [0.1, 0.15) is 0 Å². The summed E-state index contributed by atoms with van der Waals surface area (Å²) in [5.41, 5.74) is 0.926. The smallest absolute Gasteiger partial charge is 0.418 e. The van der Waals surface area contributed by atoms with Crippen LogP contribution >= 0.6 is 0 Å². The van der Waals surface area contributed by atoms with Crippen molar-refractivity contribution in [1.82, 2.24) is 10.2 Å². The largest absolute Gasteiger partial charge is 0.449 e. The van der Waals surface area contributed by atoms with E-state index >= 15 is 0 Å². The molecule has 0 aromatic heterocycles. The minimum Gasteiger partial charge on any atom is -0.449 e. The lowest BCUT2D eigenvalue weighted by Crippen LogP contribution is -2.54. The predicted octanol–water partition coefficient (Wildman–Crippen LogP) is 2.52. The van der Waals surface area contributed by atoms with E-state index in [-0.39, 0.29) is 6.61 Å². The molecule has 0 fully saturated rings. The van der Waals surface area contributed by atoms with E-state index in [9.17, 15) is 14.9 Å². The Kier molecular flexibility index (Phi) is 5.37. The summed E-state index contributed by atoms with van der Waals surface area (Å²) in [5, 5.41) is 11.7. The third-order valence-electron chi connectivity index (χ3n) is 2.98. The first-order valence-corrected chi connectivity index (χ1v) is 6.44. The van der Waals surface area contributed by atoms with Crippen LogP contribution in [0.3, 0.4) is 0 Å². The molecule has 1 atom stereocenters. The molecule has 3 amide bonds. The van der Waals surface area contributed by atoms with E-state index in [4.69, 9.17) is 4.74 Å². The highest BCUT2D eigenvalue weighted by molar-refractivity contribution is 5.94.